The van der Waals surface area contributed by atoms with Gasteiger partial charge in [0.05, 0.1) is 17.2 Å². The van der Waals surface area contributed by atoms with Gasteiger partial charge in [-0.1, -0.05) is 12.1 Å². The van der Waals surface area contributed by atoms with Crippen LogP contribution in [-0.2, 0) is 19.4 Å². The molecule has 0 saturated carbocycles. The lowest BCUT2D eigenvalue weighted by molar-refractivity contribution is -0.143. The highest BCUT2D eigenvalue weighted by molar-refractivity contribution is 7.91. The van der Waals surface area contributed by atoms with Crippen LogP contribution in [0, 0.1) is 0 Å². The molecule has 0 radical (unpaired) electrons. The number of carbonyl (C=O) groups excluding carboxylic acids is 1. The van der Waals surface area contributed by atoms with E-state index in [1.54, 1.807) is 6.92 Å². The second kappa shape index (κ2) is 7.92. The summed E-state index contributed by atoms with van der Waals surface area (Å²) in [5, 5.41) is 2.75. The number of para-hydroxylation sites is 1. The van der Waals surface area contributed by atoms with Crippen molar-refractivity contribution in [1.29, 1.82) is 0 Å². The second-order valence-electron chi connectivity index (χ2n) is 4.14. The lowest BCUT2D eigenvalue weighted by Gasteiger charge is -2.11. The minimum Gasteiger partial charge on any atom is -0.466 e. The van der Waals surface area contributed by atoms with Crippen molar-refractivity contribution in [3.63, 3.8) is 0 Å². The molecule has 1 aromatic carbocycles. The summed E-state index contributed by atoms with van der Waals surface area (Å²) < 4.78 is 52.9. The molecule has 118 valence electrons. The zero-order chi connectivity index (χ0) is 15.9. The predicted octanol–water partition coefficient (Wildman–Crippen LogP) is 2.44. The van der Waals surface area contributed by atoms with Crippen molar-refractivity contribution in [2.75, 3.05) is 18.5 Å². The van der Waals surface area contributed by atoms with Crippen molar-refractivity contribution < 1.29 is 26.7 Å². The van der Waals surface area contributed by atoms with Gasteiger partial charge in [0.25, 0.3) is 0 Å². The van der Waals surface area contributed by atoms with E-state index in [1.807, 2.05) is 0 Å². The maximum Gasteiger partial charge on any atom is 0.341 e. The molecule has 0 aliphatic rings. The molecule has 0 aliphatic carbocycles. The summed E-state index contributed by atoms with van der Waals surface area (Å²) in [6, 6.07) is 5.44. The van der Waals surface area contributed by atoms with E-state index in [4.69, 9.17) is 4.74 Å². The Kier molecular flexibility index (Phi) is 6.54. The molecule has 0 saturated heterocycles. The quantitative estimate of drug-likeness (QED) is 0.588. The summed E-state index contributed by atoms with van der Waals surface area (Å²) >= 11 is 0. The topological polar surface area (TPSA) is 72.5 Å². The number of esters is 1. The smallest absolute Gasteiger partial charge is 0.341 e. The van der Waals surface area contributed by atoms with Gasteiger partial charge in [0.2, 0.25) is 9.84 Å². The molecule has 0 amide bonds. The van der Waals surface area contributed by atoms with Crippen LogP contribution in [0.5, 0.6) is 0 Å². The van der Waals surface area contributed by atoms with Gasteiger partial charge in [0.15, 0.2) is 0 Å². The summed E-state index contributed by atoms with van der Waals surface area (Å²) in [4.78, 5) is 10.7. The Bertz CT molecular complexity index is 575. The number of sulfone groups is 1. The molecule has 1 rings (SSSR count). The second-order valence-corrected chi connectivity index (χ2v) is 6.02. The third-order valence-corrected chi connectivity index (χ3v) is 4.04. The van der Waals surface area contributed by atoms with Crippen molar-refractivity contribution in [1.82, 2.24) is 0 Å². The Balaban J connectivity index is 2.67. The Morgan fingerprint density at radius 1 is 1.33 bits per heavy atom. The number of ether oxygens (including phenoxy) is 1. The van der Waals surface area contributed by atoms with Crippen molar-refractivity contribution in [2.24, 2.45) is 0 Å². The fraction of sp³-hybridized carbons (Fsp3) is 0.462. The fourth-order valence-electron chi connectivity index (χ4n) is 1.65. The van der Waals surface area contributed by atoms with Crippen LogP contribution in [0.4, 0.5) is 14.5 Å². The number of hydrogen-bond acceptors (Lipinski definition) is 5. The predicted molar refractivity (Wildman–Crippen MR) is 74.0 cm³/mol. The maximum atomic E-state index is 12.6. The standard InChI is InChI=1S/C13H17F2NO4S/c1-2-20-12(17)8-5-9-16-10-6-3-4-7-11(10)21(18,19)13(14)15/h3-4,6-7,13,16H,2,5,8-9H2,1H3. The lowest BCUT2D eigenvalue weighted by Crippen LogP contribution is -2.15. The van der Waals surface area contributed by atoms with E-state index >= 15 is 0 Å². The molecule has 0 spiro atoms. The van der Waals surface area contributed by atoms with Gasteiger partial charge >= 0.3 is 11.7 Å². The third kappa shape index (κ3) is 4.96. The van der Waals surface area contributed by atoms with Gasteiger partial charge in [-0.3, -0.25) is 4.79 Å². The number of rotatable bonds is 8. The highest BCUT2D eigenvalue weighted by atomic mass is 32.2. The van der Waals surface area contributed by atoms with Crippen molar-refractivity contribution in [3.8, 4) is 0 Å². The zero-order valence-corrected chi connectivity index (χ0v) is 12.3. The van der Waals surface area contributed by atoms with Crippen LogP contribution < -0.4 is 5.32 Å². The van der Waals surface area contributed by atoms with E-state index in [1.165, 1.54) is 18.2 Å². The normalized spacial score (nSPS) is 11.4. The van der Waals surface area contributed by atoms with E-state index in [0.717, 1.165) is 6.07 Å². The SMILES string of the molecule is CCOC(=O)CCCNc1ccccc1S(=O)(=O)C(F)F. The van der Waals surface area contributed by atoms with Gasteiger partial charge in [-0.2, -0.15) is 8.78 Å². The summed E-state index contributed by atoms with van der Waals surface area (Å²) in [5.41, 5.74) is 0.0988. The number of halogens is 2. The monoisotopic (exact) mass is 321 g/mol. The number of benzene rings is 1. The average Bonchev–Trinajstić information content (AvgIpc) is 2.44. The largest absolute Gasteiger partial charge is 0.466 e. The molecule has 1 aromatic rings. The molecule has 21 heavy (non-hydrogen) atoms. The minimum absolute atomic E-state index is 0.0988. The summed E-state index contributed by atoms with van der Waals surface area (Å²) in [5.74, 6) is -3.83. The number of alkyl halides is 2. The molecule has 0 aliphatic heterocycles. The first kappa shape index (κ1) is 17.4. The number of anilines is 1. The summed E-state index contributed by atoms with van der Waals surface area (Å²) in [6.07, 6.45) is 0.576. The Hall–Kier alpha value is -1.70. The molecule has 0 aromatic heterocycles. The van der Waals surface area contributed by atoms with Gasteiger partial charge in [-0.05, 0) is 25.5 Å². The van der Waals surface area contributed by atoms with Crippen LogP contribution in [0.3, 0.4) is 0 Å². The highest BCUT2D eigenvalue weighted by Crippen LogP contribution is 2.25. The molecular formula is C13H17F2NO4S. The average molecular weight is 321 g/mol. The van der Waals surface area contributed by atoms with E-state index in [-0.39, 0.29) is 24.6 Å². The zero-order valence-electron chi connectivity index (χ0n) is 11.5. The van der Waals surface area contributed by atoms with E-state index < -0.39 is 20.5 Å². The molecule has 5 nitrogen and oxygen atoms in total. The van der Waals surface area contributed by atoms with Gasteiger partial charge in [0.1, 0.15) is 0 Å². The lowest BCUT2D eigenvalue weighted by atomic mass is 10.3. The Morgan fingerprint density at radius 3 is 2.62 bits per heavy atom. The van der Waals surface area contributed by atoms with Gasteiger partial charge in [0, 0.05) is 13.0 Å². The van der Waals surface area contributed by atoms with Crippen molar-refractivity contribution in [3.05, 3.63) is 24.3 Å². The maximum absolute atomic E-state index is 12.6. The van der Waals surface area contributed by atoms with Crippen LogP contribution in [0.2, 0.25) is 0 Å². The molecule has 0 heterocycles. The van der Waals surface area contributed by atoms with Crippen LogP contribution in [0.25, 0.3) is 0 Å². The Morgan fingerprint density at radius 2 is 2.00 bits per heavy atom. The Labute approximate surface area is 122 Å². The first-order valence-electron chi connectivity index (χ1n) is 6.40. The molecule has 0 bridgehead atoms. The molecular weight excluding hydrogens is 304 g/mol. The number of carbonyl (C=O) groups is 1. The van der Waals surface area contributed by atoms with Crippen LogP contribution in [0.15, 0.2) is 29.2 Å². The molecule has 8 heteroatoms. The van der Waals surface area contributed by atoms with E-state index in [2.05, 4.69) is 5.32 Å². The van der Waals surface area contributed by atoms with Gasteiger partial charge < -0.3 is 10.1 Å². The minimum atomic E-state index is -4.66. The number of nitrogens with one attached hydrogen (secondary N) is 1. The van der Waals surface area contributed by atoms with Crippen LogP contribution in [0.1, 0.15) is 19.8 Å². The summed E-state index contributed by atoms with van der Waals surface area (Å²) in [7, 11) is -4.66. The summed E-state index contributed by atoms with van der Waals surface area (Å²) in [6.45, 7) is 2.26. The van der Waals surface area contributed by atoms with Gasteiger partial charge in [-0.15, -0.1) is 0 Å². The van der Waals surface area contributed by atoms with Crippen LogP contribution in [-0.4, -0.2) is 33.3 Å². The van der Waals surface area contributed by atoms with E-state index in [0.29, 0.717) is 13.0 Å². The molecule has 0 fully saturated rings. The highest BCUT2D eigenvalue weighted by Gasteiger charge is 2.28. The van der Waals surface area contributed by atoms with Crippen molar-refractivity contribution >= 4 is 21.5 Å². The number of hydrogen-bond donors (Lipinski definition) is 1. The van der Waals surface area contributed by atoms with E-state index in [9.17, 15) is 22.0 Å². The molecule has 0 unspecified atom stereocenters. The van der Waals surface area contributed by atoms with Gasteiger partial charge in [-0.25, -0.2) is 8.42 Å². The van der Waals surface area contributed by atoms with Crippen LogP contribution >= 0.6 is 0 Å². The molecule has 1 N–H and O–H groups in total. The first-order chi connectivity index (χ1) is 9.89. The third-order valence-electron chi connectivity index (χ3n) is 2.61. The molecule has 0 atom stereocenters. The fourth-order valence-corrected chi connectivity index (χ4v) is 2.55. The first-order valence-corrected chi connectivity index (χ1v) is 7.94. The van der Waals surface area contributed by atoms with Crippen molar-refractivity contribution in [2.45, 2.75) is 30.4 Å².